The second-order valence-corrected chi connectivity index (χ2v) is 4.33. The molecule has 0 bridgehead atoms. The lowest BCUT2D eigenvalue weighted by Crippen LogP contribution is -2.40. The topological polar surface area (TPSA) is 67.1 Å². The number of hydrogen-bond donors (Lipinski definition) is 3. The maximum absolute atomic E-state index is 11.6. The van der Waals surface area contributed by atoms with Crippen LogP contribution in [0.25, 0.3) is 10.8 Å². The number of nitrogens with two attached hydrogens (primary N) is 1. The Hall–Kier alpha value is -1.91. The molecule has 0 aliphatic heterocycles. The molecule has 18 heavy (non-hydrogen) atoms. The molecule has 0 aliphatic rings. The standard InChI is InChI=1S/C14H17N3O/c1-9-3-4-11-8-12(6-5-10(11)7-9)13(15)14(18)17-16-2/h3-8,13,16H,15H2,1-2H3,(H,17,18). The number of hydrogen-bond acceptors (Lipinski definition) is 3. The Bertz CT molecular complexity index is 580. The first kappa shape index (κ1) is 12.5. The van der Waals surface area contributed by atoms with Gasteiger partial charge in [-0.25, -0.2) is 5.43 Å². The molecule has 1 amide bonds. The van der Waals surface area contributed by atoms with Gasteiger partial charge in [0.05, 0.1) is 0 Å². The highest BCUT2D eigenvalue weighted by molar-refractivity contribution is 5.87. The fourth-order valence-electron chi connectivity index (χ4n) is 1.93. The van der Waals surface area contributed by atoms with Crippen LogP contribution >= 0.6 is 0 Å². The van der Waals surface area contributed by atoms with Crippen molar-refractivity contribution in [1.29, 1.82) is 0 Å². The van der Waals surface area contributed by atoms with Gasteiger partial charge in [0.15, 0.2) is 0 Å². The summed E-state index contributed by atoms with van der Waals surface area (Å²) in [5.74, 6) is -0.246. The zero-order valence-corrected chi connectivity index (χ0v) is 10.5. The van der Waals surface area contributed by atoms with Crippen LogP contribution in [0.1, 0.15) is 17.2 Å². The summed E-state index contributed by atoms with van der Waals surface area (Å²) in [4.78, 5) is 11.6. The molecule has 4 nitrogen and oxygen atoms in total. The monoisotopic (exact) mass is 243 g/mol. The smallest absolute Gasteiger partial charge is 0.255 e. The summed E-state index contributed by atoms with van der Waals surface area (Å²) in [7, 11) is 1.63. The maximum atomic E-state index is 11.6. The van der Waals surface area contributed by atoms with Gasteiger partial charge in [-0.2, -0.15) is 0 Å². The summed E-state index contributed by atoms with van der Waals surface area (Å²) in [5, 5.41) is 2.24. The first-order valence-electron chi connectivity index (χ1n) is 5.84. The highest BCUT2D eigenvalue weighted by Gasteiger charge is 2.15. The van der Waals surface area contributed by atoms with Crippen LogP contribution in [0.3, 0.4) is 0 Å². The van der Waals surface area contributed by atoms with Crippen LogP contribution in [0.5, 0.6) is 0 Å². The van der Waals surface area contributed by atoms with E-state index in [1.54, 1.807) is 7.05 Å². The normalized spacial score (nSPS) is 12.4. The molecule has 0 radical (unpaired) electrons. The SMILES string of the molecule is CNNC(=O)C(N)c1ccc2cc(C)ccc2c1. The molecule has 2 rings (SSSR count). The average molecular weight is 243 g/mol. The minimum Gasteiger partial charge on any atom is -0.316 e. The Labute approximate surface area is 106 Å². The van der Waals surface area contributed by atoms with E-state index >= 15 is 0 Å². The lowest BCUT2D eigenvalue weighted by Gasteiger charge is -2.12. The van der Waals surface area contributed by atoms with Crippen molar-refractivity contribution in [3.63, 3.8) is 0 Å². The summed E-state index contributed by atoms with van der Waals surface area (Å²) in [5.41, 5.74) is 13.0. The minimum absolute atomic E-state index is 0.246. The van der Waals surface area contributed by atoms with Crippen molar-refractivity contribution in [3.05, 3.63) is 47.5 Å². The number of benzene rings is 2. The minimum atomic E-state index is -0.664. The molecule has 4 N–H and O–H groups in total. The third-order valence-corrected chi connectivity index (χ3v) is 2.91. The molecule has 0 saturated heterocycles. The van der Waals surface area contributed by atoms with Crippen LogP contribution in [0, 0.1) is 6.92 Å². The lowest BCUT2D eigenvalue weighted by atomic mass is 10.0. The first-order chi connectivity index (χ1) is 8.61. The highest BCUT2D eigenvalue weighted by Crippen LogP contribution is 2.20. The molecule has 2 aromatic rings. The molecular weight excluding hydrogens is 226 g/mol. The molecule has 0 fully saturated rings. The van der Waals surface area contributed by atoms with Crippen LogP contribution in [-0.2, 0) is 4.79 Å². The van der Waals surface area contributed by atoms with Gasteiger partial charge in [0.2, 0.25) is 0 Å². The lowest BCUT2D eigenvalue weighted by molar-refractivity contribution is -0.123. The van der Waals surface area contributed by atoms with E-state index < -0.39 is 6.04 Å². The molecule has 0 spiro atoms. The van der Waals surface area contributed by atoms with E-state index in [4.69, 9.17) is 5.73 Å². The van der Waals surface area contributed by atoms with E-state index in [9.17, 15) is 4.79 Å². The van der Waals surface area contributed by atoms with Crippen molar-refractivity contribution in [2.75, 3.05) is 7.05 Å². The van der Waals surface area contributed by atoms with E-state index in [2.05, 4.69) is 23.8 Å². The van der Waals surface area contributed by atoms with Gasteiger partial charge in [0, 0.05) is 7.05 Å². The Morgan fingerprint density at radius 2 is 1.83 bits per heavy atom. The van der Waals surface area contributed by atoms with Crippen molar-refractivity contribution >= 4 is 16.7 Å². The van der Waals surface area contributed by atoms with Crippen molar-refractivity contribution < 1.29 is 4.79 Å². The second kappa shape index (κ2) is 5.16. The van der Waals surface area contributed by atoms with Crippen LogP contribution in [0.15, 0.2) is 36.4 Å². The summed E-state index contributed by atoms with van der Waals surface area (Å²) in [6.45, 7) is 2.06. The van der Waals surface area contributed by atoms with Gasteiger partial charge in [-0.05, 0) is 29.3 Å². The average Bonchev–Trinajstić information content (AvgIpc) is 2.37. The van der Waals surface area contributed by atoms with Gasteiger partial charge in [-0.3, -0.25) is 10.2 Å². The van der Waals surface area contributed by atoms with Gasteiger partial charge in [0.1, 0.15) is 6.04 Å². The Morgan fingerprint density at radius 3 is 2.56 bits per heavy atom. The van der Waals surface area contributed by atoms with Gasteiger partial charge in [-0.1, -0.05) is 35.9 Å². The molecule has 4 heteroatoms. The molecule has 0 saturated carbocycles. The number of carbonyl (C=O) groups excluding carboxylic acids is 1. The second-order valence-electron chi connectivity index (χ2n) is 4.33. The molecule has 1 atom stereocenters. The molecule has 94 valence electrons. The van der Waals surface area contributed by atoms with Crippen molar-refractivity contribution in [1.82, 2.24) is 10.9 Å². The quantitative estimate of drug-likeness (QED) is 0.714. The number of carbonyl (C=O) groups is 1. The van der Waals surface area contributed by atoms with Gasteiger partial charge in [0.25, 0.3) is 5.91 Å². The summed E-state index contributed by atoms with van der Waals surface area (Å²) in [6, 6.07) is 11.4. The van der Waals surface area contributed by atoms with Gasteiger partial charge >= 0.3 is 0 Å². The fourth-order valence-corrected chi connectivity index (χ4v) is 1.93. The molecule has 0 heterocycles. The zero-order valence-electron chi connectivity index (χ0n) is 10.5. The number of amides is 1. The van der Waals surface area contributed by atoms with E-state index in [1.165, 1.54) is 5.56 Å². The van der Waals surface area contributed by atoms with Crippen molar-refractivity contribution in [3.8, 4) is 0 Å². The predicted octanol–water partition coefficient (Wildman–Crippen LogP) is 1.40. The van der Waals surface area contributed by atoms with Crippen molar-refractivity contribution in [2.24, 2.45) is 5.73 Å². The Balaban J connectivity index is 2.35. The summed E-state index contributed by atoms with van der Waals surface area (Å²) in [6.07, 6.45) is 0. The predicted molar refractivity (Wildman–Crippen MR) is 72.8 cm³/mol. The van der Waals surface area contributed by atoms with E-state index in [1.807, 2.05) is 30.3 Å². The molecular formula is C14H17N3O. The number of rotatable bonds is 3. The highest BCUT2D eigenvalue weighted by atomic mass is 16.2. The Kier molecular flexibility index (Phi) is 3.60. The third kappa shape index (κ3) is 2.50. The molecule has 2 aromatic carbocycles. The zero-order chi connectivity index (χ0) is 13.1. The summed E-state index contributed by atoms with van der Waals surface area (Å²) >= 11 is 0. The number of aryl methyl sites for hydroxylation is 1. The fraction of sp³-hybridized carbons (Fsp3) is 0.214. The van der Waals surface area contributed by atoms with Crippen LogP contribution in [-0.4, -0.2) is 13.0 Å². The molecule has 1 unspecified atom stereocenters. The Morgan fingerprint density at radius 1 is 1.17 bits per heavy atom. The van der Waals surface area contributed by atoms with Crippen LogP contribution < -0.4 is 16.6 Å². The summed E-state index contributed by atoms with van der Waals surface area (Å²) < 4.78 is 0. The van der Waals surface area contributed by atoms with E-state index in [-0.39, 0.29) is 5.91 Å². The number of hydrazine groups is 1. The first-order valence-corrected chi connectivity index (χ1v) is 5.84. The van der Waals surface area contributed by atoms with Gasteiger partial charge < -0.3 is 5.73 Å². The van der Waals surface area contributed by atoms with Crippen LogP contribution in [0.2, 0.25) is 0 Å². The van der Waals surface area contributed by atoms with Crippen LogP contribution in [0.4, 0.5) is 0 Å². The van der Waals surface area contributed by atoms with Crippen molar-refractivity contribution in [2.45, 2.75) is 13.0 Å². The number of nitrogens with one attached hydrogen (secondary N) is 2. The largest absolute Gasteiger partial charge is 0.316 e. The van der Waals surface area contributed by atoms with Gasteiger partial charge in [-0.15, -0.1) is 0 Å². The van der Waals surface area contributed by atoms with E-state index in [0.29, 0.717) is 0 Å². The number of fused-ring (bicyclic) bond motifs is 1. The van der Waals surface area contributed by atoms with E-state index in [0.717, 1.165) is 16.3 Å². The molecule has 0 aliphatic carbocycles. The maximum Gasteiger partial charge on any atom is 0.255 e. The molecule has 0 aromatic heterocycles. The third-order valence-electron chi connectivity index (χ3n) is 2.91.